The van der Waals surface area contributed by atoms with Crippen molar-refractivity contribution in [3.63, 3.8) is 0 Å². The highest BCUT2D eigenvalue weighted by atomic mass is 16.6. The fraction of sp³-hybridized carbons (Fsp3) is 0.211. The summed E-state index contributed by atoms with van der Waals surface area (Å²) in [5.41, 5.74) is 0.240. The number of nitrogens with one attached hydrogen (secondary N) is 1. The number of carbonyl (C=O) groups is 3. The number of nitrogens with zero attached hydrogens (tertiary/aromatic N) is 1. The Balaban J connectivity index is 1.87. The number of ether oxygens (including phenoxy) is 2. The smallest absolute Gasteiger partial charge is 0.344 e. The number of amides is 1. The Hall–Kier alpha value is -3.75. The molecule has 0 radical (unpaired) electrons. The minimum atomic E-state index is -1.18. The zero-order valence-electron chi connectivity index (χ0n) is 15.2. The van der Waals surface area contributed by atoms with Gasteiger partial charge >= 0.3 is 5.97 Å². The number of esters is 1. The van der Waals surface area contributed by atoms with Gasteiger partial charge < -0.3 is 14.8 Å². The topological polar surface area (TPSA) is 125 Å². The molecule has 0 bridgehead atoms. The van der Waals surface area contributed by atoms with Gasteiger partial charge in [0.05, 0.1) is 4.92 Å². The molecule has 0 aromatic heterocycles. The molecule has 9 nitrogen and oxygen atoms in total. The lowest BCUT2D eigenvalue weighted by Crippen LogP contribution is -2.31. The Kier molecular flexibility index (Phi) is 6.80. The van der Waals surface area contributed by atoms with Crippen LogP contribution in [0.3, 0.4) is 0 Å². The average Bonchev–Trinajstić information content (AvgIpc) is 2.66. The predicted molar refractivity (Wildman–Crippen MR) is 99.2 cm³/mol. The number of benzene rings is 2. The first kappa shape index (κ1) is 20.6. The Morgan fingerprint density at radius 2 is 1.75 bits per heavy atom. The van der Waals surface area contributed by atoms with Crippen molar-refractivity contribution in [3.05, 3.63) is 64.2 Å². The molecule has 0 aliphatic rings. The maximum Gasteiger partial charge on any atom is 0.344 e. The number of rotatable bonds is 8. The largest absolute Gasteiger partial charge is 0.482 e. The number of Topliss-reactive ketones (excluding diaryl/α,β-unsaturated/α-hetero) is 1. The Morgan fingerprint density at radius 3 is 2.36 bits per heavy atom. The highest BCUT2D eigenvalue weighted by Crippen LogP contribution is 2.23. The van der Waals surface area contributed by atoms with E-state index in [9.17, 15) is 24.5 Å². The van der Waals surface area contributed by atoms with Crippen LogP contribution in [0.15, 0.2) is 48.5 Å². The fourth-order valence-corrected chi connectivity index (χ4v) is 2.19. The van der Waals surface area contributed by atoms with Gasteiger partial charge in [-0.25, -0.2) is 4.79 Å². The quantitative estimate of drug-likeness (QED) is 0.320. The minimum Gasteiger partial charge on any atom is -0.482 e. The number of ketones is 1. The van der Waals surface area contributed by atoms with Crippen LogP contribution in [-0.4, -0.2) is 35.3 Å². The average molecular weight is 386 g/mol. The molecule has 2 aromatic rings. The van der Waals surface area contributed by atoms with Crippen LogP contribution in [0.5, 0.6) is 5.75 Å². The van der Waals surface area contributed by atoms with E-state index in [4.69, 9.17) is 9.47 Å². The summed E-state index contributed by atoms with van der Waals surface area (Å²) in [6.07, 6.45) is -1.18. The molecule has 0 aliphatic heterocycles. The molecule has 146 valence electrons. The molecule has 0 heterocycles. The molecule has 0 fully saturated rings. The molecule has 9 heteroatoms. The van der Waals surface area contributed by atoms with Crippen LogP contribution in [-0.2, 0) is 14.3 Å². The molecule has 1 amide bonds. The van der Waals surface area contributed by atoms with Gasteiger partial charge in [0.2, 0.25) is 0 Å². The van der Waals surface area contributed by atoms with Crippen molar-refractivity contribution in [1.82, 2.24) is 0 Å². The summed E-state index contributed by atoms with van der Waals surface area (Å²) in [7, 11) is 0. The van der Waals surface area contributed by atoms with Crippen LogP contribution < -0.4 is 10.1 Å². The monoisotopic (exact) mass is 386 g/mol. The van der Waals surface area contributed by atoms with Crippen molar-refractivity contribution in [2.45, 2.75) is 20.0 Å². The van der Waals surface area contributed by atoms with Crippen LogP contribution in [0.2, 0.25) is 0 Å². The lowest BCUT2D eigenvalue weighted by Gasteiger charge is -2.14. The number of hydrogen-bond acceptors (Lipinski definition) is 7. The molecule has 0 unspecified atom stereocenters. The zero-order valence-corrected chi connectivity index (χ0v) is 15.2. The third kappa shape index (κ3) is 5.63. The van der Waals surface area contributed by atoms with Crippen LogP contribution in [0.25, 0.3) is 0 Å². The Bertz CT molecular complexity index is 893. The van der Waals surface area contributed by atoms with E-state index in [1.54, 1.807) is 12.1 Å². The standard InChI is InChI=1S/C19H18N2O7/c1-12(22)14-7-9-15(10-8-14)27-11-18(23)28-13(2)19(24)20-16-5-3-4-6-17(16)21(25)26/h3-10,13H,11H2,1-2H3,(H,20,24)/t13-/m0/s1. The molecule has 2 rings (SSSR count). The maximum absolute atomic E-state index is 12.1. The Labute approximate surface area is 160 Å². The normalized spacial score (nSPS) is 11.2. The van der Waals surface area contributed by atoms with Gasteiger partial charge in [0.25, 0.3) is 11.6 Å². The number of nitro groups is 1. The van der Waals surface area contributed by atoms with Crippen LogP contribution in [0, 0.1) is 10.1 Å². The highest BCUT2D eigenvalue weighted by Gasteiger charge is 2.21. The molecule has 0 saturated carbocycles. The first-order chi connectivity index (χ1) is 13.3. The fourth-order valence-electron chi connectivity index (χ4n) is 2.19. The predicted octanol–water partition coefficient (Wildman–Crippen LogP) is 2.75. The second kappa shape index (κ2) is 9.26. The van der Waals surface area contributed by atoms with Crippen LogP contribution in [0.4, 0.5) is 11.4 Å². The third-order valence-corrected chi connectivity index (χ3v) is 3.65. The van der Waals surface area contributed by atoms with E-state index in [1.807, 2.05) is 0 Å². The van der Waals surface area contributed by atoms with Gasteiger partial charge in [0, 0.05) is 11.6 Å². The van der Waals surface area contributed by atoms with Crippen LogP contribution >= 0.6 is 0 Å². The molecule has 0 spiro atoms. The van der Waals surface area contributed by atoms with Crippen LogP contribution in [0.1, 0.15) is 24.2 Å². The van der Waals surface area contributed by atoms with Gasteiger partial charge in [0.1, 0.15) is 11.4 Å². The second-order valence-corrected chi connectivity index (χ2v) is 5.76. The van der Waals surface area contributed by atoms with Gasteiger partial charge in [-0.1, -0.05) is 12.1 Å². The summed E-state index contributed by atoms with van der Waals surface area (Å²) in [6.45, 7) is 2.33. The van der Waals surface area contributed by atoms with Crippen molar-refractivity contribution in [2.75, 3.05) is 11.9 Å². The second-order valence-electron chi connectivity index (χ2n) is 5.76. The molecule has 28 heavy (non-hydrogen) atoms. The van der Waals surface area contributed by atoms with Gasteiger partial charge in [-0.15, -0.1) is 0 Å². The van der Waals surface area contributed by atoms with E-state index >= 15 is 0 Å². The summed E-state index contributed by atoms with van der Waals surface area (Å²) < 4.78 is 10.2. The summed E-state index contributed by atoms with van der Waals surface area (Å²) in [4.78, 5) is 45.5. The highest BCUT2D eigenvalue weighted by molar-refractivity contribution is 5.97. The molecule has 1 atom stereocenters. The number of para-hydroxylation sites is 2. The van der Waals surface area contributed by atoms with E-state index in [0.717, 1.165) is 0 Å². The first-order valence-electron chi connectivity index (χ1n) is 8.25. The zero-order chi connectivity index (χ0) is 20.7. The van der Waals surface area contributed by atoms with Crippen molar-refractivity contribution in [2.24, 2.45) is 0 Å². The van der Waals surface area contributed by atoms with Crippen molar-refractivity contribution >= 4 is 29.0 Å². The lowest BCUT2D eigenvalue weighted by atomic mass is 10.1. The summed E-state index contributed by atoms with van der Waals surface area (Å²) in [5, 5.41) is 13.3. The van der Waals surface area contributed by atoms with E-state index in [0.29, 0.717) is 11.3 Å². The van der Waals surface area contributed by atoms with E-state index < -0.39 is 29.5 Å². The van der Waals surface area contributed by atoms with E-state index in [1.165, 1.54) is 50.2 Å². The van der Waals surface area contributed by atoms with Gasteiger partial charge in [0.15, 0.2) is 18.5 Å². The summed E-state index contributed by atoms with van der Waals surface area (Å²) >= 11 is 0. The summed E-state index contributed by atoms with van der Waals surface area (Å²) in [6, 6.07) is 11.8. The molecule has 2 aromatic carbocycles. The maximum atomic E-state index is 12.1. The molecule has 0 saturated heterocycles. The molecule has 1 N–H and O–H groups in total. The number of carbonyl (C=O) groups excluding carboxylic acids is 3. The van der Waals surface area contributed by atoms with E-state index in [-0.39, 0.29) is 17.2 Å². The lowest BCUT2D eigenvalue weighted by molar-refractivity contribution is -0.383. The molecule has 0 aliphatic carbocycles. The van der Waals surface area contributed by atoms with E-state index in [2.05, 4.69) is 5.32 Å². The summed E-state index contributed by atoms with van der Waals surface area (Å²) in [5.74, 6) is -1.24. The number of nitro benzene ring substituents is 1. The van der Waals surface area contributed by atoms with Gasteiger partial charge in [-0.2, -0.15) is 0 Å². The minimum absolute atomic E-state index is 0.00205. The van der Waals surface area contributed by atoms with Gasteiger partial charge in [-0.3, -0.25) is 19.7 Å². The van der Waals surface area contributed by atoms with Crippen molar-refractivity contribution in [1.29, 1.82) is 0 Å². The first-order valence-corrected chi connectivity index (χ1v) is 8.25. The molecular formula is C19H18N2O7. The number of anilines is 1. The Morgan fingerprint density at radius 1 is 1.11 bits per heavy atom. The SMILES string of the molecule is CC(=O)c1ccc(OCC(=O)O[C@@H](C)C(=O)Nc2ccccc2[N+](=O)[O-])cc1. The molecular weight excluding hydrogens is 368 g/mol. The van der Waals surface area contributed by atoms with Crippen molar-refractivity contribution < 1.29 is 28.8 Å². The number of hydrogen-bond donors (Lipinski definition) is 1. The van der Waals surface area contributed by atoms with Gasteiger partial charge in [-0.05, 0) is 44.2 Å². The third-order valence-electron chi connectivity index (χ3n) is 3.65. The van der Waals surface area contributed by atoms with Crippen molar-refractivity contribution in [3.8, 4) is 5.75 Å².